The number of carboxylic acids is 2. The fourth-order valence-electron chi connectivity index (χ4n) is 3.95. The Kier molecular flexibility index (Phi) is 5.89. The molecule has 0 aromatic heterocycles. The van der Waals surface area contributed by atoms with Gasteiger partial charge in [-0.3, -0.25) is 9.59 Å². The van der Waals surface area contributed by atoms with Crippen molar-refractivity contribution >= 4 is 18.0 Å². The Hall–Kier alpha value is -2.88. The zero-order chi connectivity index (χ0) is 20.2. The fourth-order valence-corrected chi connectivity index (χ4v) is 3.95. The van der Waals surface area contributed by atoms with Crippen molar-refractivity contribution in [2.45, 2.75) is 33.1 Å². The summed E-state index contributed by atoms with van der Waals surface area (Å²) >= 11 is 0. The van der Waals surface area contributed by atoms with Crippen molar-refractivity contribution in [2.75, 3.05) is 0 Å². The largest absolute Gasteiger partial charge is 0.480 e. The summed E-state index contributed by atoms with van der Waals surface area (Å²) in [7, 11) is 0. The highest BCUT2D eigenvalue weighted by atomic mass is 16.4. The number of hydrogen-bond donors (Lipinski definition) is 2. The Balaban J connectivity index is 2.62. The van der Waals surface area contributed by atoms with E-state index in [1.807, 2.05) is 56.3 Å². The normalized spacial score (nSPS) is 13.0. The summed E-state index contributed by atoms with van der Waals surface area (Å²) < 4.78 is 0. The first-order valence-electron chi connectivity index (χ1n) is 8.86. The number of carbonyl (C=O) groups is 2. The molecule has 1 unspecified atom stereocenters. The molecule has 0 amide bonds. The molecule has 0 bridgehead atoms. The Morgan fingerprint density at radius 3 is 1.93 bits per heavy atom. The van der Waals surface area contributed by atoms with Gasteiger partial charge in [0.25, 0.3) is 0 Å². The minimum absolute atomic E-state index is 0.553. The van der Waals surface area contributed by atoms with E-state index in [2.05, 4.69) is 6.58 Å². The molecule has 142 valence electrons. The average Bonchev–Trinajstić information content (AvgIpc) is 2.62. The van der Waals surface area contributed by atoms with Crippen LogP contribution in [0.15, 0.2) is 61.2 Å². The van der Waals surface area contributed by atoms with Gasteiger partial charge in [-0.25, -0.2) is 0 Å². The maximum Gasteiger partial charge on any atom is 0.321 e. The van der Waals surface area contributed by atoms with Crippen LogP contribution < -0.4 is 0 Å². The van der Waals surface area contributed by atoms with Crippen molar-refractivity contribution < 1.29 is 19.8 Å². The maximum atomic E-state index is 12.1. The van der Waals surface area contributed by atoms with Gasteiger partial charge >= 0.3 is 11.9 Å². The minimum Gasteiger partial charge on any atom is -0.480 e. The number of aliphatic carboxylic acids is 2. The number of benzene rings is 2. The van der Waals surface area contributed by atoms with Gasteiger partial charge in [0, 0.05) is 5.92 Å². The molecule has 0 spiro atoms. The quantitative estimate of drug-likeness (QED) is 0.655. The predicted molar refractivity (Wildman–Crippen MR) is 107 cm³/mol. The van der Waals surface area contributed by atoms with Gasteiger partial charge in [0.05, 0.1) is 0 Å². The smallest absolute Gasteiger partial charge is 0.321 e. The molecule has 4 nitrogen and oxygen atoms in total. The lowest BCUT2D eigenvalue weighted by Gasteiger charge is -2.42. The SMILES string of the molecule is C=Cc1ccc(C(C(C)(C)Cc2ccccc2)C(C)(C(=O)O)C(=O)O)cc1. The summed E-state index contributed by atoms with van der Waals surface area (Å²) in [6, 6.07) is 17.0. The molecule has 2 aromatic carbocycles. The molecule has 0 radical (unpaired) electrons. The molecule has 4 heteroatoms. The molecule has 2 rings (SSSR count). The molecule has 0 aliphatic carbocycles. The van der Waals surface area contributed by atoms with E-state index in [1.54, 1.807) is 18.2 Å². The molecule has 0 aliphatic heterocycles. The second-order valence-corrected chi connectivity index (χ2v) is 7.77. The number of hydrogen-bond acceptors (Lipinski definition) is 2. The second-order valence-electron chi connectivity index (χ2n) is 7.77. The highest BCUT2D eigenvalue weighted by Gasteiger charge is 2.54. The molecule has 2 N–H and O–H groups in total. The lowest BCUT2D eigenvalue weighted by molar-refractivity contribution is -0.167. The van der Waals surface area contributed by atoms with Gasteiger partial charge in [-0.2, -0.15) is 0 Å². The molecular formula is C23H26O4. The van der Waals surface area contributed by atoms with Crippen molar-refractivity contribution in [3.05, 3.63) is 77.9 Å². The van der Waals surface area contributed by atoms with E-state index in [9.17, 15) is 19.8 Å². The van der Waals surface area contributed by atoms with Crippen LogP contribution in [0.1, 0.15) is 43.4 Å². The third-order valence-electron chi connectivity index (χ3n) is 5.26. The predicted octanol–water partition coefficient (Wildman–Crippen LogP) is 4.86. The van der Waals surface area contributed by atoms with Crippen molar-refractivity contribution in [2.24, 2.45) is 10.8 Å². The Bertz CT molecular complexity index is 805. The molecule has 27 heavy (non-hydrogen) atoms. The third kappa shape index (κ3) is 4.11. The van der Waals surface area contributed by atoms with Crippen LogP contribution in [-0.4, -0.2) is 22.2 Å². The summed E-state index contributed by atoms with van der Waals surface area (Å²) in [5.74, 6) is -3.41. The fraction of sp³-hybridized carbons (Fsp3) is 0.304. The average molecular weight is 366 g/mol. The molecule has 0 saturated heterocycles. The van der Waals surface area contributed by atoms with Crippen LogP contribution in [0.3, 0.4) is 0 Å². The van der Waals surface area contributed by atoms with Crippen LogP contribution in [0.4, 0.5) is 0 Å². The molecular weight excluding hydrogens is 340 g/mol. The first-order valence-corrected chi connectivity index (χ1v) is 8.86. The summed E-state index contributed by atoms with van der Waals surface area (Å²) in [4.78, 5) is 24.2. The second kappa shape index (κ2) is 7.78. The Labute approximate surface area is 160 Å². The van der Waals surface area contributed by atoms with Crippen molar-refractivity contribution in [3.63, 3.8) is 0 Å². The highest BCUT2D eigenvalue weighted by molar-refractivity contribution is 5.99. The van der Waals surface area contributed by atoms with E-state index in [4.69, 9.17) is 0 Å². The summed E-state index contributed by atoms with van der Waals surface area (Å²) in [6.07, 6.45) is 2.25. The lowest BCUT2D eigenvalue weighted by Crippen LogP contribution is -2.48. The molecule has 0 heterocycles. The van der Waals surface area contributed by atoms with Crippen LogP contribution in [0.25, 0.3) is 6.08 Å². The van der Waals surface area contributed by atoms with Gasteiger partial charge in [0.1, 0.15) is 0 Å². The van der Waals surface area contributed by atoms with Crippen LogP contribution in [0.5, 0.6) is 0 Å². The number of carboxylic acid groups (broad SMARTS) is 2. The van der Waals surface area contributed by atoms with E-state index in [1.165, 1.54) is 6.92 Å². The summed E-state index contributed by atoms with van der Waals surface area (Å²) in [6.45, 7) is 8.88. The van der Waals surface area contributed by atoms with Crippen molar-refractivity contribution in [1.82, 2.24) is 0 Å². The van der Waals surface area contributed by atoms with E-state index < -0.39 is 28.7 Å². The highest BCUT2D eigenvalue weighted by Crippen LogP contribution is 2.50. The van der Waals surface area contributed by atoms with Crippen LogP contribution in [-0.2, 0) is 16.0 Å². The third-order valence-corrected chi connectivity index (χ3v) is 5.26. The zero-order valence-electron chi connectivity index (χ0n) is 16.0. The summed E-state index contributed by atoms with van der Waals surface area (Å²) in [5, 5.41) is 19.7. The lowest BCUT2D eigenvalue weighted by atomic mass is 9.59. The minimum atomic E-state index is -1.96. The van der Waals surface area contributed by atoms with Gasteiger partial charge in [0.15, 0.2) is 5.41 Å². The maximum absolute atomic E-state index is 12.1. The van der Waals surface area contributed by atoms with E-state index in [-0.39, 0.29) is 0 Å². The number of rotatable bonds is 8. The first-order chi connectivity index (χ1) is 12.6. The molecule has 1 atom stereocenters. The first kappa shape index (κ1) is 20.4. The monoisotopic (exact) mass is 366 g/mol. The zero-order valence-corrected chi connectivity index (χ0v) is 16.0. The van der Waals surface area contributed by atoms with Gasteiger partial charge < -0.3 is 10.2 Å². The summed E-state index contributed by atoms with van der Waals surface area (Å²) in [5.41, 5.74) is 0.0317. The molecule has 2 aromatic rings. The van der Waals surface area contributed by atoms with Crippen molar-refractivity contribution in [1.29, 1.82) is 0 Å². The van der Waals surface area contributed by atoms with E-state index >= 15 is 0 Å². The Morgan fingerprint density at radius 2 is 1.48 bits per heavy atom. The van der Waals surface area contributed by atoms with Crippen molar-refractivity contribution in [3.8, 4) is 0 Å². The topological polar surface area (TPSA) is 74.6 Å². The van der Waals surface area contributed by atoms with Crippen LogP contribution in [0, 0.1) is 10.8 Å². The van der Waals surface area contributed by atoms with Gasteiger partial charge in [0.2, 0.25) is 0 Å². The molecule has 0 aliphatic rings. The Morgan fingerprint density at radius 1 is 0.963 bits per heavy atom. The van der Waals surface area contributed by atoms with Gasteiger partial charge in [-0.15, -0.1) is 0 Å². The van der Waals surface area contributed by atoms with Gasteiger partial charge in [-0.1, -0.05) is 81.1 Å². The standard InChI is InChI=1S/C23H26O4/c1-5-16-11-13-18(14-12-16)19(23(4,20(24)25)21(26)27)22(2,3)15-17-9-7-6-8-10-17/h5-14,19H,1,15H2,2-4H3,(H,24,25)(H,26,27). The van der Waals surface area contributed by atoms with Gasteiger partial charge in [-0.05, 0) is 35.4 Å². The van der Waals surface area contributed by atoms with E-state index in [0.29, 0.717) is 12.0 Å². The van der Waals surface area contributed by atoms with Crippen LogP contribution >= 0.6 is 0 Å². The van der Waals surface area contributed by atoms with Crippen LogP contribution in [0.2, 0.25) is 0 Å². The molecule has 0 fully saturated rings. The molecule has 0 saturated carbocycles. The van der Waals surface area contributed by atoms with E-state index in [0.717, 1.165) is 11.1 Å².